The van der Waals surface area contributed by atoms with Gasteiger partial charge in [0.25, 0.3) is 0 Å². The summed E-state index contributed by atoms with van der Waals surface area (Å²) in [5, 5.41) is 0. The van der Waals surface area contributed by atoms with E-state index in [1.807, 2.05) is 30.0 Å². The molecule has 0 unspecified atom stereocenters. The molecule has 0 bridgehead atoms. The molecule has 1 heterocycles. The standard InChI is InChI=1S/C18H27N3O2/c1-2-23-17-6-4-3-5-16(17)20-9-11-21(12-10-20)18(22)14-7-8-15(19)13-14/h3-6,14-15H,2,7-13,19H2,1H3/t14-,15+/m0/s1. The van der Waals surface area contributed by atoms with Gasteiger partial charge in [-0.05, 0) is 38.3 Å². The Morgan fingerprint density at radius 2 is 1.96 bits per heavy atom. The van der Waals surface area contributed by atoms with E-state index >= 15 is 0 Å². The fourth-order valence-corrected chi connectivity index (χ4v) is 3.66. The monoisotopic (exact) mass is 317 g/mol. The summed E-state index contributed by atoms with van der Waals surface area (Å²) in [6.07, 6.45) is 2.79. The molecule has 2 atom stereocenters. The smallest absolute Gasteiger partial charge is 0.225 e. The number of piperazine rings is 1. The second-order valence-corrected chi connectivity index (χ2v) is 6.48. The minimum atomic E-state index is 0.146. The molecule has 0 spiro atoms. The minimum Gasteiger partial charge on any atom is -0.492 e. The molecule has 126 valence electrons. The fraction of sp³-hybridized carbons (Fsp3) is 0.611. The van der Waals surface area contributed by atoms with Gasteiger partial charge in [-0.15, -0.1) is 0 Å². The van der Waals surface area contributed by atoms with E-state index < -0.39 is 0 Å². The summed E-state index contributed by atoms with van der Waals surface area (Å²) < 4.78 is 5.72. The summed E-state index contributed by atoms with van der Waals surface area (Å²) in [5.74, 6) is 1.37. The van der Waals surface area contributed by atoms with Crippen LogP contribution in [0.15, 0.2) is 24.3 Å². The van der Waals surface area contributed by atoms with Crippen molar-refractivity contribution in [3.63, 3.8) is 0 Å². The van der Waals surface area contributed by atoms with E-state index in [1.165, 1.54) is 0 Å². The maximum Gasteiger partial charge on any atom is 0.225 e. The van der Waals surface area contributed by atoms with Crippen molar-refractivity contribution in [3.8, 4) is 5.75 Å². The molecule has 5 heteroatoms. The summed E-state index contributed by atoms with van der Waals surface area (Å²) in [4.78, 5) is 16.9. The highest BCUT2D eigenvalue weighted by Crippen LogP contribution is 2.30. The van der Waals surface area contributed by atoms with Crippen LogP contribution >= 0.6 is 0 Å². The lowest BCUT2D eigenvalue weighted by molar-refractivity contribution is -0.135. The van der Waals surface area contributed by atoms with E-state index in [9.17, 15) is 4.79 Å². The normalized spacial score (nSPS) is 24.8. The number of hydrogen-bond donors (Lipinski definition) is 1. The van der Waals surface area contributed by atoms with Crippen molar-refractivity contribution >= 4 is 11.6 Å². The van der Waals surface area contributed by atoms with Crippen molar-refractivity contribution in [2.24, 2.45) is 11.7 Å². The molecular formula is C18H27N3O2. The highest BCUT2D eigenvalue weighted by Gasteiger charge is 2.32. The van der Waals surface area contributed by atoms with Crippen LogP contribution in [0.4, 0.5) is 5.69 Å². The van der Waals surface area contributed by atoms with Gasteiger partial charge in [-0.3, -0.25) is 4.79 Å². The molecule has 0 radical (unpaired) electrons. The number of amides is 1. The van der Waals surface area contributed by atoms with Crippen molar-refractivity contribution in [2.45, 2.75) is 32.2 Å². The molecule has 1 amide bonds. The molecule has 1 aliphatic heterocycles. The quantitative estimate of drug-likeness (QED) is 0.921. The number of carbonyl (C=O) groups is 1. The molecule has 1 saturated heterocycles. The van der Waals surface area contributed by atoms with Crippen LogP contribution in [-0.4, -0.2) is 49.6 Å². The van der Waals surface area contributed by atoms with Crippen LogP contribution in [0.3, 0.4) is 0 Å². The molecule has 23 heavy (non-hydrogen) atoms. The van der Waals surface area contributed by atoms with Crippen molar-refractivity contribution in [3.05, 3.63) is 24.3 Å². The van der Waals surface area contributed by atoms with Crippen LogP contribution in [0.25, 0.3) is 0 Å². The molecule has 0 aromatic heterocycles. The Morgan fingerprint density at radius 3 is 2.61 bits per heavy atom. The first kappa shape index (κ1) is 16.1. The zero-order valence-electron chi connectivity index (χ0n) is 13.9. The highest BCUT2D eigenvalue weighted by molar-refractivity contribution is 5.79. The van der Waals surface area contributed by atoms with Gasteiger partial charge in [0.05, 0.1) is 12.3 Å². The minimum absolute atomic E-state index is 0.146. The van der Waals surface area contributed by atoms with Gasteiger partial charge in [-0.25, -0.2) is 0 Å². The van der Waals surface area contributed by atoms with Crippen molar-refractivity contribution in [1.82, 2.24) is 4.90 Å². The van der Waals surface area contributed by atoms with Crippen LogP contribution in [0.1, 0.15) is 26.2 Å². The predicted octanol–water partition coefficient (Wildman–Crippen LogP) is 1.86. The van der Waals surface area contributed by atoms with Gasteiger partial charge < -0.3 is 20.3 Å². The number of anilines is 1. The van der Waals surface area contributed by atoms with Gasteiger partial charge in [0, 0.05) is 38.1 Å². The predicted molar refractivity (Wildman–Crippen MR) is 91.7 cm³/mol. The first-order chi connectivity index (χ1) is 11.2. The third-order valence-corrected chi connectivity index (χ3v) is 4.92. The molecule has 1 aromatic carbocycles. The third-order valence-electron chi connectivity index (χ3n) is 4.92. The van der Waals surface area contributed by atoms with E-state index in [4.69, 9.17) is 10.5 Å². The summed E-state index contributed by atoms with van der Waals surface area (Å²) >= 11 is 0. The Labute approximate surface area is 138 Å². The zero-order valence-corrected chi connectivity index (χ0v) is 13.9. The van der Waals surface area contributed by atoms with Crippen LogP contribution in [0.2, 0.25) is 0 Å². The van der Waals surface area contributed by atoms with E-state index in [1.54, 1.807) is 0 Å². The molecule has 1 aromatic rings. The Bertz CT molecular complexity index is 541. The molecule has 2 fully saturated rings. The van der Waals surface area contributed by atoms with Crippen LogP contribution in [-0.2, 0) is 4.79 Å². The number of carbonyl (C=O) groups excluding carboxylic acids is 1. The number of nitrogens with two attached hydrogens (primary N) is 1. The molecular weight excluding hydrogens is 290 g/mol. The number of hydrogen-bond acceptors (Lipinski definition) is 4. The first-order valence-corrected chi connectivity index (χ1v) is 8.70. The molecule has 2 aliphatic rings. The Balaban J connectivity index is 1.59. The third kappa shape index (κ3) is 3.61. The van der Waals surface area contributed by atoms with Gasteiger partial charge in [-0.1, -0.05) is 12.1 Å². The Hall–Kier alpha value is -1.75. The van der Waals surface area contributed by atoms with Crippen molar-refractivity contribution < 1.29 is 9.53 Å². The lowest BCUT2D eigenvalue weighted by Crippen LogP contribution is -2.50. The number of rotatable bonds is 4. The van der Waals surface area contributed by atoms with Crippen LogP contribution < -0.4 is 15.4 Å². The molecule has 2 N–H and O–H groups in total. The second kappa shape index (κ2) is 7.21. The average molecular weight is 317 g/mol. The van der Waals surface area contributed by atoms with E-state index in [0.717, 1.165) is 56.9 Å². The molecule has 5 nitrogen and oxygen atoms in total. The Kier molecular flexibility index (Phi) is 5.06. The van der Waals surface area contributed by atoms with E-state index in [-0.39, 0.29) is 12.0 Å². The number of para-hydroxylation sites is 2. The van der Waals surface area contributed by atoms with E-state index in [0.29, 0.717) is 12.5 Å². The SMILES string of the molecule is CCOc1ccccc1N1CCN(C(=O)[C@H]2CC[C@@H](N)C2)CC1. The lowest BCUT2D eigenvalue weighted by Gasteiger charge is -2.37. The summed E-state index contributed by atoms with van der Waals surface area (Å²) in [5.41, 5.74) is 7.07. The van der Waals surface area contributed by atoms with Crippen LogP contribution in [0.5, 0.6) is 5.75 Å². The van der Waals surface area contributed by atoms with Crippen LogP contribution in [0, 0.1) is 5.92 Å². The largest absolute Gasteiger partial charge is 0.492 e. The zero-order chi connectivity index (χ0) is 16.2. The van der Waals surface area contributed by atoms with Gasteiger partial charge in [0.1, 0.15) is 5.75 Å². The average Bonchev–Trinajstić information content (AvgIpc) is 3.02. The van der Waals surface area contributed by atoms with E-state index in [2.05, 4.69) is 11.0 Å². The van der Waals surface area contributed by atoms with Gasteiger partial charge in [-0.2, -0.15) is 0 Å². The van der Waals surface area contributed by atoms with Gasteiger partial charge in [0.15, 0.2) is 0 Å². The highest BCUT2D eigenvalue weighted by atomic mass is 16.5. The maximum absolute atomic E-state index is 12.6. The summed E-state index contributed by atoms with van der Waals surface area (Å²) in [7, 11) is 0. The molecule has 1 aliphatic carbocycles. The summed E-state index contributed by atoms with van der Waals surface area (Å²) in [6, 6.07) is 8.35. The summed E-state index contributed by atoms with van der Waals surface area (Å²) in [6.45, 7) is 5.94. The second-order valence-electron chi connectivity index (χ2n) is 6.48. The number of ether oxygens (including phenoxy) is 1. The number of nitrogens with zero attached hydrogens (tertiary/aromatic N) is 2. The lowest BCUT2D eigenvalue weighted by atomic mass is 10.1. The Morgan fingerprint density at radius 1 is 1.22 bits per heavy atom. The topological polar surface area (TPSA) is 58.8 Å². The fourth-order valence-electron chi connectivity index (χ4n) is 3.66. The molecule has 3 rings (SSSR count). The number of benzene rings is 1. The van der Waals surface area contributed by atoms with Crippen molar-refractivity contribution in [2.75, 3.05) is 37.7 Å². The van der Waals surface area contributed by atoms with Crippen molar-refractivity contribution in [1.29, 1.82) is 0 Å². The van der Waals surface area contributed by atoms with Gasteiger partial charge >= 0.3 is 0 Å². The maximum atomic E-state index is 12.6. The van der Waals surface area contributed by atoms with Gasteiger partial charge in [0.2, 0.25) is 5.91 Å². The first-order valence-electron chi connectivity index (χ1n) is 8.70. The molecule has 1 saturated carbocycles.